The van der Waals surface area contributed by atoms with Gasteiger partial charge in [0.2, 0.25) is 0 Å². The van der Waals surface area contributed by atoms with Gasteiger partial charge in [0.05, 0.1) is 16.8 Å². The second-order valence-electron chi connectivity index (χ2n) is 6.62. The van der Waals surface area contributed by atoms with E-state index in [0.29, 0.717) is 6.54 Å². The summed E-state index contributed by atoms with van der Waals surface area (Å²) in [5.74, 6) is -1.43. The van der Waals surface area contributed by atoms with Crippen LogP contribution in [-0.4, -0.2) is 33.3 Å². The molecule has 126 valence electrons. The van der Waals surface area contributed by atoms with Crippen LogP contribution >= 0.6 is 0 Å². The zero-order valence-corrected chi connectivity index (χ0v) is 13.9. The van der Waals surface area contributed by atoms with E-state index in [-0.39, 0.29) is 22.4 Å². The minimum Gasteiger partial charge on any atom is -0.478 e. The monoisotopic (exact) mass is 327 g/mol. The Kier molecular flexibility index (Phi) is 4.13. The van der Waals surface area contributed by atoms with Gasteiger partial charge in [0, 0.05) is 24.2 Å². The van der Waals surface area contributed by atoms with Crippen molar-refractivity contribution in [1.29, 1.82) is 0 Å². The van der Waals surface area contributed by atoms with E-state index in [1.54, 1.807) is 18.2 Å². The number of carbonyl (C=O) groups is 2. The van der Waals surface area contributed by atoms with Gasteiger partial charge in [-0.2, -0.15) is 5.10 Å². The molecule has 1 fully saturated rings. The van der Waals surface area contributed by atoms with Crippen molar-refractivity contribution in [3.63, 3.8) is 0 Å². The molecule has 0 saturated heterocycles. The molecule has 1 aliphatic carbocycles. The van der Waals surface area contributed by atoms with Gasteiger partial charge < -0.3 is 10.4 Å². The number of rotatable bonds is 6. The molecule has 6 nitrogen and oxygen atoms in total. The maximum Gasteiger partial charge on any atom is 0.336 e. The predicted octanol–water partition coefficient (Wildman–Crippen LogP) is 2.41. The van der Waals surface area contributed by atoms with Crippen molar-refractivity contribution in [2.75, 3.05) is 6.54 Å². The number of nitrogens with one attached hydrogen (secondary N) is 1. The topological polar surface area (TPSA) is 84.2 Å². The number of carboxylic acids is 1. The summed E-state index contributed by atoms with van der Waals surface area (Å²) >= 11 is 0. The molecule has 0 atom stereocenters. The SMILES string of the molecule is Cc1cc(C)n(CC2(CNC(=O)c3ccccc3C(=O)O)CC2)n1. The molecule has 1 aromatic carbocycles. The molecule has 6 heteroatoms. The molecule has 0 bridgehead atoms. The lowest BCUT2D eigenvalue weighted by molar-refractivity contribution is 0.0690. The van der Waals surface area contributed by atoms with Crippen molar-refractivity contribution in [2.45, 2.75) is 33.2 Å². The zero-order chi connectivity index (χ0) is 17.3. The Hall–Kier alpha value is -2.63. The lowest BCUT2D eigenvalue weighted by Gasteiger charge is -2.17. The van der Waals surface area contributed by atoms with E-state index in [4.69, 9.17) is 0 Å². The Balaban J connectivity index is 1.66. The lowest BCUT2D eigenvalue weighted by Crippen LogP contribution is -2.33. The number of hydrogen-bond acceptors (Lipinski definition) is 3. The fourth-order valence-corrected chi connectivity index (χ4v) is 2.95. The van der Waals surface area contributed by atoms with E-state index >= 15 is 0 Å². The van der Waals surface area contributed by atoms with Crippen LogP contribution in [0.25, 0.3) is 0 Å². The van der Waals surface area contributed by atoms with E-state index in [2.05, 4.69) is 10.4 Å². The summed E-state index contributed by atoms with van der Waals surface area (Å²) in [5, 5.41) is 16.6. The number of carboxylic acid groups (broad SMARTS) is 1. The van der Waals surface area contributed by atoms with Gasteiger partial charge in [0.15, 0.2) is 0 Å². The van der Waals surface area contributed by atoms with Gasteiger partial charge >= 0.3 is 5.97 Å². The molecule has 0 radical (unpaired) electrons. The van der Waals surface area contributed by atoms with Crippen LogP contribution in [0.5, 0.6) is 0 Å². The van der Waals surface area contributed by atoms with Crippen LogP contribution in [-0.2, 0) is 6.54 Å². The number of aromatic nitrogens is 2. The molecular weight excluding hydrogens is 306 g/mol. The van der Waals surface area contributed by atoms with Crippen molar-refractivity contribution in [2.24, 2.45) is 5.41 Å². The number of aryl methyl sites for hydroxylation is 2. The smallest absolute Gasteiger partial charge is 0.336 e. The van der Waals surface area contributed by atoms with Gasteiger partial charge in [-0.3, -0.25) is 9.48 Å². The second kappa shape index (κ2) is 6.11. The minimum atomic E-state index is -1.09. The molecule has 0 unspecified atom stereocenters. The van der Waals surface area contributed by atoms with Crippen molar-refractivity contribution in [1.82, 2.24) is 15.1 Å². The van der Waals surface area contributed by atoms with Crippen LogP contribution in [0.15, 0.2) is 30.3 Å². The first kappa shape index (κ1) is 16.2. The van der Waals surface area contributed by atoms with E-state index in [9.17, 15) is 14.7 Å². The van der Waals surface area contributed by atoms with Gasteiger partial charge in [0.1, 0.15) is 0 Å². The van der Waals surface area contributed by atoms with Crippen molar-refractivity contribution in [3.8, 4) is 0 Å². The number of benzene rings is 1. The number of nitrogens with zero attached hydrogens (tertiary/aromatic N) is 2. The highest BCUT2D eigenvalue weighted by Crippen LogP contribution is 2.46. The summed E-state index contributed by atoms with van der Waals surface area (Å²) in [6.07, 6.45) is 2.07. The normalized spacial score (nSPS) is 15.1. The standard InChI is InChI=1S/C18H21N3O3/c1-12-9-13(2)21(20-12)11-18(7-8-18)10-19-16(22)14-5-3-4-6-15(14)17(23)24/h3-6,9H,7-8,10-11H2,1-2H3,(H,19,22)(H,23,24). The molecule has 1 amide bonds. The summed E-state index contributed by atoms with van der Waals surface area (Å²) in [6.45, 7) is 5.29. The highest BCUT2D eigenvalue weighted by molar-refractivity contribution is 6.04. The van der Waals surface area contributed by atoms with Crippen molar-refractivity contribution < 1.29 is 14.7 Å². The van der Waals surface area contributed by atoms with Crippen molar-refractivity contribution in [3.05, 3.63) is 52.8 Å². The van der Waals surface area contributed by atoms with E-state index < -0.39 is 5.97 Å². The average molecular weight is 327 g/mol. The largest absolute Gasteiger partial charge is 0.478 e. The molecule has 1 aromatic heterocycles. The van der Waals surface area contributed by atoms with Gasteiger partial charge in [0.25, 0.3) is 5.91 Å². The first-order valence-corrected chi connectivity index (χ1v) is 8.02. The maximum atomic E-state index is 12.4. The second-order valence-corrected chi connectivity index (χ2v) is 6.62. The third-order valence-corrected chi connectivity index (χ3v) is 4.57. The third-order valence-electron chi connectivity index (χ3n) is 4.57. The van der Waals surface area contributed by atoms with Gasteiger partial charge in [-0.1, -0.05) is 12.1 Å². The first-order valence-electron chi connectivity index (χ1n) is 8.02. The van der Waals surface area contributed by atoms with Crippen molar-refractivity contribution >= 4 is 11.9 Å². The van der Waals surface area contributed by atoms with Crippen LogP contribution in [0.2, 0.25) is 0 Å². The molecule has 0 spiro atoms. The minimum absolute atomic E-state index is 0.0248. The fourth-order valence-electron chi connectivity index (χ4n) is 2.95. The molecule has 0 aliphatic heterocycles. The van der Waals surface area contributed by atoms with Crippen LogP contribution in [0.4, 0.5) is 0 Å². The number of carbonyl (C=O) groups excluding carboxylic acids is 1. The zero-order valence-electron chi connectivity index (χ0n) is 13.9. The van der Waals surface area contributed by atoms with E-state index in [1.807, 2.05) is 24.6 Å². The summed E-state index contributed by atoms with van der Waals surface area (Å²) in [7, 11) is 0. The number of aromatic carboxylic acids is 1. The molecule has 1 saturated carbocycles. The number of hydrogen-bond donors (Lipinski definition) is 2. The van der Waals surface area contributed by atoms with Gasteiger partial charge in [-0.05, 0) is 44.9 Å². The average Bonchev–Trinajstić information content (AvgIpc) is 3.24. The Morgan fingerprint density at radius 3 is 2.46 bits per heavy atom. The Morgan fingerprint density at radius 1 is 1.25 bits per heavy atom. The summed E-state index contributed by atoms with van der Waals surface area (Å²) in [4.78, 5) is 23.6. The number of amides is 1. The Morgan fingerprint density at radius 2 is 1.92 bits per heavy atom. The van der Waals surface area contributed by atoms with Crippen LogP contribution < -0.4 is 5.32 Å². The van der Waals surface area contributed by atoms with Gasteiger partial charge in [-0.25, -0.2) is 4.79 Å². The maximum absolute atomic E-state index is 12.4. The van der Waals surface area contributed by atoms with Gasteiger partial charge in [-0.15, -0.1) is 0 Å². The Labute approximate surface area is 140 Å². The summed E-state index contributed by atoms with van der Waals surface area (Å²) < 4.78 is 1.99. The summed E-state index contributed by atoms with van der Waals surface area (Å²) in [5.41, 5.74) is 2.35. The highest BCUT2D eigenvalue weighted by Gasteiger charge is 2.43. The first-order chi connectivity index (χ1) is 11.4. The quantitative estimate of drug-likeness (QED) is 0.853. The van der Waals surface area contributed by atoms with Crippen LogP contribution in [0.1, 0.15) is 44.9 Å². The molecule has 24 heavy (non-hydrogen) atoms. The lowest BCUT2D eigenvalue weighted by atomic mass is 10.0. The molecule has 1 aliphatic rings. The van der Waals surface area contributed by atoms with Crippen LogP contribution in [0.3, 0.4) is 0 Å². The third kappa shape index (κ3) is 3.32. The van der Waals surface area contributed by atoms with E-state index in [0.717, 1.165) is 30.8 Å². The summed E-state index contributed by atoms with van der Waals surface area (Å²) in [6, 6.07) is 8.31. The Bertz CT molecular complexity index is 791. The highest BCUT2D eigenvalue weighted by atomic mass is 16.4. The molecule has 2 N–H and O–H groups in total. The fraction of sp³-hybridized carbons (Fsp3) is 0.389. The van der Waals surface area contributed by atoms with E-state index in [1.165, 1.54) is 6.07 Å². The molecule has 3 rings (SSSR count). The molecule has 2 aromatic rings. The van der Waals surface area contributed by atoms with Crippen LogP contribution in [0, 0.1) is 19.3 Å². The molecular formula is C18H21N3O3. The predicted molar refractivity (Wildman–Crippen MR) is 89.1 cm³/mol. The molecule has 1 heterocycles.